The monoisotopic (exact) mass is 555 g/mol. The van der Waals surface area contributed by atoms with Crippen LogP contribution in [0.1, 0.15) is 41.9 Å². The fourth-order valence-electron chi connectivity index (χ4n) is 4.99. The molecule has 0 saturated carbocycles. The third-order valence-electron chi connectivity index (χ3n) is 7.08. The van der Waals surface area contributed by atoms with E-state index in [0.29, 0.717) is 42.2 Å². The predicted molar refractivity (Wildman–Crippen MR) is 154 cm³/mol. The van der Waals surface area contributed by atoms with Gasteiger partial charge in [0.25, 0.3) is 5.56 Å². The van der Waals surface area contributed by atoms with Gasteiger partial charge in [-0.05, 0) is 58.3 Å². The number of ether oxygens (including phenoxy) is 3. The highest BCUT2D eigenvalue weighted by Crippen LogP contribution is 2.32. The van der Waals surface area contributed by atoms with Crippen molar-refractivity contribution < 1.29 is 14.2 Å². The molecule has 0 aliphatic carbocycles. The Morgan fingerprint density at radius 2 is 1.73 bits per heavy atom. The molecule has 11 heteroatoms. The van der Waals surface area contributed by atoms with Gasteiger partial charge in [-0.1, -0.05) is 25.1 Å². The first-order valence-corrected chi connectivity index (χ1v) is 13.3. The van der Waals surface area contributed by atoms with Crippen LogP contribution < -0.4 is 19.8 Å². The first-order chi connectivity index (χ1) is 20.0. The quantitative estimate of drug-likeness (QED) is 0.242. The second-order valence-electron chi connectivity index (χ2n) is 9.65. The molecular formula is C30H33N7O4. The summed E-state index contributed by atoms with van der Waals surface area (Å²) in [6, 6.07) is 17.1. The zero-order valence-electron chi connectivity index (χ0n) is 23.6. The molecule has 1 N–H and O–H groups in total. The molecule has 3 aromatic heterocycles. The summed E-state index contributed by atoms with van der Waals surface area (Å²) in [5, 5.41) is 13.6. The van der Waals surface area contributed by atoms with Gasteiger partial charge in [-0.15, -0.1) is 5.10 Å². The molecule has 0 fully saturated rings. The van der Waals surface area contributed by atoms with Crippen LogP contribution >= 0.6 is 0 Å². The summed E-state index contributed by atoms with van der Waals surface area (Å²) in [5.74, 6) is 2.65. The number of aromatic nitrogens is 6. The molecule has 0 spiro atoms. The molecule has 0 bridgehead atoms. The Bertz CT molecular complexity index is 1650. The van der Waals surface area contributed by atoms with Crippen molar-refractivity contribution in [1.82, 2.24) is 35.1 Å². The maximum absolute atomic E-state index is 13.3. The molecule has 5 rings (SSSR count). The second kappa shape index (κ2) is 12.6. The van der Waals surface area contributed by atoms with E-state index in [1.807, 2.05) is 59.4 Å². The van der Waals surface area contributed by atoms with Crippen molar-refractivity contribution in [2.24, 2.45) is 0 Å². The van der Waals surface area contributed by atoms with E-state index in [2.05, 4.69) is 37.3 Å². The van der Waals surface area contributed by atoms with Crippen molar-refractivity contribution in [3.63, 3.8) is 0 Å². The van der Waals surface area contributed by atoms with E-state index >= 15 is 0 Å². The van der Waals surface area contributed by atoms with Gasteiger partial charge in [-0.2, -0.15) is 0 Å². The molecule has 212 valence electrons. The molecule has 0 unspecified atom stereocenters. The Morgan fingerprint density at radius 1 is 0.951 bits per heavy atom. The maximum atomic E-state index is 13.3. The maximum Gasteiger partial charge on any atom is 0.252 e. The number of hydrogen-bond donors (Lipinski definition) is 1. The highest BCUT2D eigenvalue weighted by Gasteiger charge is 2.26. The smallest absolute Gasteiger partial charge is 0.252 e. The average Bonchev–Trinajstić information content (AvgIpc) is 3.45. The van der Waals surface area contributed by atoms with E-state index in [1.54, 1.807) is 33.6 Å². The molecule has 0 aliphatic rings. The second-order valence-corrected chi connectivity index (χ2v) is 9.65. The topological polar surface area (TPSA) is 120 Å². The van der Waals surface area contributed by atoms with E-state index in [1.165, 1.54) is 0 Å². The van der Waals surface area contributed by atoms with Crippen LogP contribution in [-0.4, -0.2) is 56.4 Å². The lowest BCUT2D eigenvalue weighted by molar-refractivity contribution is 0.161. The SMILES string of the molecule is CC[C@@H](c1nnnn1Cc1ccc(OC)cc1)N(Cc1cccnc1)Cc1cc2cc(OC)c(OC)cc2[nH]c1=O. The molecule has 2 aromatic carbocycles. The number of benzene rings is 2. The van der Waals surface area contributed by atoms with Crippen LogP contribution in [0.15, 0.2) is 71.8 Å². The van der Waals surface area contributed by atoms with E-state index in [9.17, 15) is 4.79 Å². The van der Waals surface area contributed by atoms with E-state index in [4.69, 9.17) is 14.2 Å². The van der Waals surface area contributed by atoms with E-state index in [0.717, 1.165) is 34.5 Å². The number of nitrogens with one attached hydrogen (secondary N) is 1. The van der Waals surface area contributed by atoms with Crippen LogP contribution in [-0.2, 0) is 19.6 Å². The molecule has 11 nitrogen and oxygen atoms in total. The van der Waals surface area contributed by atoms with Gasteiger partial charge in [0.1, 0.15) is 5.75 Å². The molecule has 1 atom stereocenters. The molecule has 0 amide bonds. The Kier molecular flexibility index (Phi) is 8.54. The van der Waals surface area contributed by atoms with Crippen molar-refractivity contribution in [1.29, 1.82) is 0 Å². The Morgan fingerprint density at radius 3 is 2.41 bits per heavy atom. The minimum absolute atomic E-state index is 0.173. The number of methoxy groups -OCH3 is 3. The summed E-state index contributed by atoms with van der Waals surface area (Å²) in [4.78, 5) is 22.8. The van der Waals surface area contributed by atoms with Gasteiger partial charge in [0, 0.05) is 42.5 Å². The van der Waals surface area contributed by atoms with Crippen LogP contribution in [0.5, 0.6) is 17.2 Å². The summed E-state index contributed by atoms with van der Waals surface area (Å²) in [5.41, 5.74) is 3.17. The summed E-state index contributed by atoms with van der Waals surface area (Å²) in [7, 11) is 4.80. The first-order valence-electron chi connectivity index (χ1n) is 13.3. The highest BCUT2D eigenvalue weighted by molar-refractivity contribution is 5.83. The van der Waals surface area contributed by atoms with Gasteiger partial charge in [0.05, 0.1) is 39.4 Å². The first kappa shape index (κ1) is 27.8. The molecule has 3 heterocycles. The fraction of sp³-hybridized carbons (Fsp3) is 0.300. The molecule has 41 heavy (non-hydrogen) atoms. The van der Waals surface area contributed by atoms with Gasteiger partial charge >= 0.3 is 0 Å². The third kappa shape index (κ3) is 6.20. The molecule has 5 aromatic rings. The zero-order chi connectivity index (χ0) is 28.8. The number of tetrazole rings is 1. The number of aromatic amines is 1. The average molecular weight is 556 g/mol. The van der Waals surface area contributed by atoms with Gasteiger partial charge in [0.2, 0.25) is 0 Å². The van der Waals surface area contributed by atoms with Crippen molar-refractivity contribution in [3.05, 3.63) is 99.9 Å². The van der Waals surface area contributed by atoms with Crippen LogP contribution in [0.25, 0.3) is 10.9 Å². The summed E-state index contributed by atoms with van der Waals surface area (Å²) in [6.45, 7) is 3.50. The van der Waals surface area contributed by atoms with E-state index in [-0.39, 0.29) is 11.6 Å². The Hall–Kier alpha value is -4.77. The van der Waals surface area contributed by atoms with Crippen molar-refractivity contribution in [2.75, 3.05) is 21.3 Å². The van der Waals surface area contributed by atoms with Crippen LogP contribution in [0.3, 0.4) is 0 Å². The normalized spacial score (nSPS) is 12.0. The molecule has 0 saturated heterocycles. The zero-order valence-corrected chi connectivity index (χ0v) is 23.6. The van der Waals surface area contributed by atoms with Gasteiger partial charge in [0.15, 0.2) is 17.3 Å². The van der Waals surface area contributed by atoms with Crippen molar-refractivity contribution >= 4 is 10.9 Å². The van der Waals surface area contributed by atoms with Gasteiger partial charge in [-0.25, -0.2) is 4.68 Å². The summed E-state index contributed by atoms with van der Waals surface area (Å²) in [6.07, 6.45) is 4.30. The van der Waals surface area contributed by atoms with Crippen molar-refractivity contribution in [2.45, 2.75) is 39.0 Å². The Balaban J connectivity index is 1.51. The minimum atomic E-state index is -0.177. The lowest BCUT2D eigenvalue weighted by Crippen LogP contribution is -2.32. The number of rotatable bonds is 12. The largest absolute Gasteiger partial charge is 0.497 e. The highest BCUT2D eigenvalue weighted by atomic mass is 16.5. The number of fused-ring (bicyclic) bond motifs is 1. The van der Waals surface area contributed by atoms with Crippen LogP contribution in [0.2, 0.25) is 0 Å². The summed E-state index contributed by atoms with van der Waals surface area (Å²) < 4.78 is 18.0. The third-order valence-corrected chi connectivity index (χ3v) is 7.08. The number of hydrogen-bond acceptors (Lipinski definition) is 9. The Labute approximate surface area is 237 Å². The molecular weight excluding hydrogens is 522 g/mol. The standard InChI is InChI=1S/C30H33N7O4/c1-5-26(29-33-34-35-37(29)18-20-8-10-24(39-2)11-9-20)36(17-21-7-6-12-31-16-21)19-23-13-22-14-27(40-3)28(41-4)15-25(22)32-30(23)38/h6-16,26H,5,17-19H2,1-4H3,(H,32,38)/t26-/m0/s1. The number of H-pyrrole nitrogens is 1. The molecule has 0 aliphatic heterocycles. The lowest BCUT2D eigenvalue weighted by atomic mass is 10.1. The van der Waals surface area contributed by atoms with Gasteiger partial charge in [-0.3, -0.25) is 14.7 Å². The van der Waals surface area contributed by atoms with Gasteiger partial charge < -0.3 is 19.2 Å². The number of pyridine rings is 2. The van der Waals surface area contributed by atoms with E-state index < -0.39 is 0 Å². The van der Waals surface area contributed by atoms with Crippen LogP contribution in [0, 0.1) is 0 Å². The number of nitrogens with zero attached hydrogens (tertiary/aromatic N) is 6. The van der Waals surface area contributed by atoms with Crippen LogP contribution in [0.4, 0.5) is 0 Å². The lowest BCUT2D eigenvalue weighted by Gasteiger charge is -2.30. The van der Waals surface area contributed by atoms with Crippen molar-refractivity contribution in [3.8, 4) is 17.2 Å². The minimum Gasteiger partial charge on any atom is -0.497 e. The predicted octanol–water partition coefficient (Wildman–Crippen LogP) is 4.14. The summed E-state index contributed by atoms with van der Waals surface area (Å²) >= 11 is 0. The fourth-order valence-corrected chi connectivity index (χ4v) is 4.99. The molecule has 0 radical (unpaired) electrons.